The Morgan fingerprint density at radius 1 is 1.12 bits per heavy atom. The van der Waals surface area contributed by atoms with E-state index in [-0.39, 0.29) is 24.3 Å². The Morgan fingerprint density at radius 3 is 2.50 bits per heavy atom. The highest BCUT2D eigenvalue weighted by molar-refractivity contribution is 7.86. The molecule has 2 unspecified atom stereocenters. The highest BCUT2D eigenvalue weighted by Gasteiger charge is 2.43. The number of amides is 2. The number of aliphatic carboxylic acids is 1. The van der Waals surface area contributed by atoms with E-state index in [0.29, 0.717) is 18.6 Å². The molecular formula is C27H30N4O8S. The summed E-state index contributed by atoms with van der Waals surface area (Å²) in [6.07, 6.45) is 4.28. The van der Waals surface area contributed by atoms with Gasteiger partial charge in [0, 0.05) is 12.6 Å². The Morgan fingerprint density at radius 2 is 1.82 bits per heavy atom. The minimum atomic E-state index is -4.64. The first-order valence-electron chi connectivity index (χ1n) is 12.7. The molecular weight excluding hydrogens is 540 g/mol. The van der Waals surface area contributed by atoms with Crippen molar-refractivity contribution in [3.8, 4) is 5.75 Å². The van der Waals surface area contributed by atoms with E-state index in [1.54, 1.807) is 24.3 Å². The van der Waals surface area contributed by atoms with E-state index in [4.69, 9.17) is 4.74 Å². The van der Waals surface area contributed by atoms with Crippen molar-refractivity contribution in [1.82, 2.24) is 14.5 Å². The van der Waals surface area contributed by atoms with Gasteiger partial charge in [-0.15, -0.1) is 0 Å². The van der Waals surface area contributed by atoms with Crippen LogP contribution in [0.25, 0.3) is 0 Å². The topological polar surface area (TPSA) is 168 Å². The van der Waals surface area contributed by atoms with Crippen molar-refractivity contribution in [2.24, 2.45) is 0 Å². The van der Waals surface area contributed by atoms with Crippen molar-refractivity contribution in [1.29, 1.82) is 0 Å². The van der Waals surface area contributed by atoms with E-state index in [1.165, 1.54) is 40.2 Å². The Hall–Kier alpha value is -4.23. The number of nitrogens with one attached hydrogen (secondary N) is 1. The number of imidazole rings is 1. The summed E-state index contributed by atoms with van der Waals surface area (Å²) in [5, 5.41) is 12.3. The number of carboxylic acid groups (broad SMARTS) is 1. The third kappa shape index (κ3) is 6.66. The van der Waals surface area contributed by atoms with Gasteiger partial charge in [-0.05, 0) is 30.7 Å². The SMILES string of the molecule is CCCCC(C(=O)N1CC(Oc2ccccc2)C[C@H]1C(=O)O)n1cnc(NC(=O)c2ccccc2S(=O)(=O)O)c1. The summed E-state index contributed by atoms with van der Waals surface area (Å²) in [5.41, 5.74) is -0.274. The van der Waals surface area contributed by atoms with E-state index in [9.17, 15) is 32.5 Å². The third-order valence-electron chi connectivity index (χ3n) is 6.61. The fourth-order valence-electron chi connectivity index (χ4n) is 4.68. The van der Waals surface area contributed by atoms with E-state index in [2.05, 4.69) is 10.3 Å². The molecule has 2 aromatic carbocycles. The minimum absolute atomic E-state index is 0.0472. The molecule has 13 heteroatoms. The molecule has 0 radical (unpaired) electrons. The number of carbonyl (C=O) groups excluding carboxylic acids is 2. The maximum absolute atomic E-state index is 13.7. The zero-order chi connectivity index (χ0) is 28.9. The summed E-state index contributed by atoms with van der Waals surface area (Å²) >= 11 is 0. The van der Waals surface area contributed by atoms with Crippen molar-refractivity contribution >= 4 is 33.7 Å². The number of aromatic nitrogens is 2. The largest absolute Gasteiger partial charge is 0.488 e. The number of para-hydroxylation sites is 1. The zero-order valence-corrected chi connectivity index (χ0v) is 22.5. The van der Waals surface area contributed by atoms with Crippen LogP contribution >= 0.6 is 0 Å². The Labute approximate surface area is 231 Å². The lowest BCUT2D eigenvalue weighted by Gasteiger charge is -2.27. The number of nitrogens with zero attached hydrogens (tertiary/aromatic N) is 3. The molecule has 1 saturated heterocycles. The third-order valence-corrected chi connectivity index (χ3v) is 7.52. The van der Waals surface area contributed by atoms with E-state index in [0.717, 1.165) is 12.5 Å². The molecule has 3 N–H and O–H groups in total. The lowest BCUT2D eigenvalue weighted by molar-refractivity contribution is -0.149. The monoisotopic (exact) mass is 570 g/mol. The van der Waals surface area contributed by atoms with Crippen LogP contribution in [0.15, 0.2) is 72.0 Å². The first-order chi connectivity index (χ1) is 19.1. The molecule has 1 fully saturated rings. The number of likely N-dealkylation sites (tertiary alicyclic amines) is 1. The minimum Gasteiger partial charge on any atom is -0.488 e. The second-order valence-corrected chi connectivity index (χ2v) is 10.8. The van der Waals surface area contributed by atoms with Gasteiger partial charge in [0.05, 0.1) is 18.4 Å². The lowest BCUT2D eigenvalue weighted by Crippen LogP contribution is -2.44. The molecule has 0 bridgehead atoms. The quantitative estimate of drug-likeness (QED) is 0.293. The van der Waals surface area contributed by atoms with Gasteiger partial charge in [0.15, 0.2) is 5.82 Å². The standard InChI is InChI=1S/C27H30N4O8S/c1-2-3-12-21(26(33)31-15-19(14-22(31)27(34)35)39-18-9-5-4-6-10-18)30-16-24(28-17-30)29-25(32)20-11-7-8-13-23(20)40(36,37)38/h4-11,13,16-17,19,21-22H,2-3,12,14-15H2,1H3,(H,29,32)(H,34,35)(H,36,37,38)/t19?,21?,22-/m0/s1. The average molecular weight is 571 g/mol. The number of hydrogen-bond acceptors (Lipinski definition) is 7. The van der Waals surface area contributed by atoms with Gasteiger partial charge in [0.25, 0.3) is 16.0 Å². The second-order valence-electron chi connectivity index (χ2n) is 9.42. The van der Waals surface area contributed by atoms with Crippen LogP contribution in [-0.4, -0.2) is 69.0 Å². The molecule has 2 heterocycles. The van der Waals surface area contributed by atoms with Crippen LogP contribution in [-0.2, 0) is 19.7 Å². The Kier molecular flexibility index (Phi) is 8.85. The molecule has 1 aliphatic heterocycles. The van der Waals surface area contributed by atoms with Crippen LogP contribution in [0, 0.1) is 0 Å². The number of rotatable bonds is 11. The molecule has 1 aromatic heterocycles. The van der Waals surface area contributed by atoms with Crippen LogP contribution in [0.3, 0.4) is 0 Å². The molecule has 0 spiro atoms. The number of ether oxygens (including phenoxy) is 1. The predicted molar refractivity (Wildman–Crippen MR) is 144 cm³/mol. The fourth-order valence-corrected chi connectivity index (χ4v) is 5.36. The first-order valence-corrected chi connectivity index (χ1v) is 14.2. The van der Waals surface area contributed by atoms with E-state index < -0.39 is 51.0 Å². The second kappa shape index (κ2) is 12.3. The van der Waals surface area contributed by atoms with Gasteiger partial charge in [-0.2, -0.15) is 8.42 Å². The van der Waals surface area contributed by atoms with Crippen molar-refractivity contribution in [3.05, 3.63) is 72.7 Å². The van der Waals surface area contributed by atoms with Gasteiger partial charge in [-0.1, -0.05) is 50.1 Å². The molecule has 3 aromatic rings. The highest BCUT2D eigenvalue weighted by atomic mass is 32.2. The molecule has 40 heavy (non-hydrogen) atoms. The van der Waals surface area contributed by atoms with Crippen molar-refractivity contribution in [2.75, 3.05) is 11.9 Å². The van der Waals surface area contributed by atoms with Gasteiger partial charge in [0.1, 0.15) is 28.8 Å². The fraction of sp³-hybridized carbons (Fsp3) is 0.333. The van der Waals surface area contributed by atoms with Crippen LogP contribution in [0.5, 0.6) is 5.75 Å². The number of unbranched alkanes of at least 4 members (excludes halogenated alkanes) is 1. The first kappa shape index (κ1) is 28.8. The van der Waals surface area contributed by atoms with Gasteiger partial charge in [-0.25, -0.2) is 9.78 Å². The van der Waals surface area contributed by atoms with Crippen molar-refractivity contribution in [3.63, 3.8) is 0 Å². The van der Waals surface area contributed by atoms with Crippen LogP contribution in [0.1, 0.15) is 49.0 Å². The van der Waals surface area contributed by atoms with E-state index >= 15 is 0 Å². The van der Waals surface area contributed by atoms with Gasteiger partial charge >= 0.3 is 5.97 Å². The summed E-state index contributed by atoms with van der Waals surface area (Å²) in [7, 11) is -4.64. The number of hydrogen-bond donors (Lipinski definition) is 3. The summed E-state index contributed by atoms with van der Waals surface area (Å²) < 4.78 is 40.2. The number of benzene rings is 2. The van der Waals surface area contributed by atoms with Crippen LogP contribution < -0.4 is 10.1 Å². The van der Waals surface area contributed by atoms with Crippen molar-refractivity contribution in [2.45, 2.75) is 55.7 Å². The average Bonchev–Trinajstić information content (AvgIpc) is 3.56. The highest BCUT2D eigenvalue weighted by Crippen LogP contribution is 2.29. The number of carbonyl (C=O) groups is 3. The molecule has 12 nitrogen and oxygen atoms in total. The van der Waals surface area contributed by atoms with Gasteiger partial charge in [0.2, 0.25) is 5.91 Å². The Balaban J connectivity index is 1.54. The number of anilines is 1. The van der Waals surface area contributed by atoms with Crippen LogP contribution in [0.4, 0.5) is 5.82 Å². The smallest absolute Gasteiger partial charge is 0.326 e. The molecule has 2 amide bonds. The summed E-state index contributed by atoms with van der Waals surface area (Å²) in [5.74, 6) is -1.73. The molecule has 1 aliphatic rings. The molecule has 0 saturated carbocycles. The maximum atomic E-state index is 13.7. The normalized spacial score (nSPS) is 17.8. The summed E-state index contributed by atoms with van der Waals surface area (Å²) in [6.45, 7) is 2.06. The van der Waals surface area contributed by atoms with Gasteiger partial charge in [-0.3, -0.25) is 14.1 Å². The van der Waals surface area contributed by atoms with Crippen molar-refractivity contribution < 1.29 is 37.2 Å². The molecule has 0 aliphatic carbocycles. The maximum Gasteiger partial charge on any atom is 0.326 e. The molecule has 212 valence electrons. The number of carboxylic acids is 1. The zero-order valence-electron chi connectivity index (χ0n) is 21.7. The van der Waals surface area contributed by atoms with E-state index in [1.807, 2.05) is 13.0 Å². The summed E-state index contributed by atoms with van der Waals surface area (Å²) in [6, 6.07) is 12.3. The van der Waals surface area contributed by atoms with Crippen LogP contribution in [0.2, 0.25) is 0 Å². The molecule has 4 rings (SSSR count). The Bertz CT molecular complexity index is 1470. The van der Waals surface area contributed by atoms with Gasteiger partial charge < -0.3 is 24.6 Å². The summed E-state index contributed by atoms with van der Waals surface area (Å²) in [4.78, 5) is 43.5. The predicted octanol–water partition coefficient (Wildman–Crippen LogP) is 3.25. The molecule has 3 atom stereocenters. The lowest BCUT2D eigenvalue weighted by atomic mass is 10.1.